The maximum atomic E-state index is 13.7. The Hall–Kier alpha value is -3.61. The number of nitrogens with zero attached hydrogens (tertiary/aromatic N) is 2. The van der Waals surface area contributed by atoms with Gasteiger partial charge in [-0.1, -0.05) is 24.3 Å². The van der Waals surface area contributed by atoms with Crippen LogP contribution in [-0.2, 0) is 24.8 Å². The number of benzene rings is 3. The zero-order valence-corrected chi connectivity index (χ0v) is 23.6. The molecular formula is C27H31N3O7S2. The normalized spacial score (nSPS) is 14.1. The Morgan fingerprint density at radius 1 is 0.872 bits per heavy atom. The van der Waals surface area contributed by atoms with Crippen molar-refractivity contribution in [2.45, 2.75) is 29.6 Å². The molecule has 0 aliphatic carbocycles. The molecule has 1 saturated heterocycles. The first-order valence-electron chi connectivity index (χ1n) is 12.3. The van der Waals surface area contributed by atoms with Crippen LogP contribution >= 0.6 is 0 Å². The molecule has 0 atom stereocenters. The molecular weight excluding hydrogens is 542 g/mol. The van der Waals surface area contributed by atoms with Gasteiger partial charge in [-0.25, -0.2) is 16.8 Å². The number of amides is 1. The molecule has 0 saturated carbocycles. The first-order valence-corrected chi connectivity index (χ1v) is 15.2. The van der Waals surface area contributed by atoms with Crippen molar-refractivity contribution in [3.8, 4) is 11.5 Å². The van der Waals surface area contributed by atoms with E-state index in [2.05, 4.69) is 5.32 Å². The van der Waals surface area contributed by atoms with E-state index in [4.69, 9.17) is 9.47 Å². The van der Waals surface area contributed by atoms with Crippen LogP contribution < -0.4 is 19.1 Å². The lowest BCUT2D eigenvalue weighted by Gasteiger charge is -2.26. The van der Waals surface area contributed by atoms with Gasteiger partial charge in [-0.2, -0.15) is 4.31 Å². The van der Waals surface area contributed by atoms with Crippen LogP contribution in [0.1, 0.15) is 18.4 Å². The van der Waals surface area contributed by atoms with Gasteiger partial charge in [-0.3, -0.25) is 9.10 Å². The van der Waals surface area contributed by atoms with E-state index in [0.29, 0.717) is 13.1 Å². The molecule has 39 heavy (non-hydrogen) atoms. The summed E-state index contributed by atoms with van der Waals surface area (Å²) in [4.78, 5) is 13.4. The molecule has 3 aromatic carbocycles. The molecule has 1 aliphatic heterocycles. The third kappa shape index (κ3) is 6.02. The molecule has 0 unspecified atom stereocenters. The summed E-state index contributed by atoms with van der Waals surface area (Å²) in [5.41, 5.74) is 1.06. The van der Waals surface area contributed by atoms with Crippen molar-refractivity contribution in [1.82, 2.24) is 4.31 Å². The van der Waals surface area contributed by atoms with Crippen molar-refractivity contribution in [2.24, 2.45) is 0 Å². The highest BCUT2D eigenvalue weighted by molar-refractivity contribution is 7.93. The van der Waals surface area contributed by atoms with Gasteiger partial charge in [0.2, 0.25) is 15.9 Å². The van der Waals surface area contributed by atoms with Crippen molar-refractivity contribution >= 4 is 37.3 Å². The monoisotopic (exact) mass is 573 g/mol. The van der Waals surface area contributed by atoms with E-state index >= 15 is 0 Å². The van der Waals surface area contributed by atoms with Crippen molar-refractivity contribution in [2.75, 3.05) is 43.5 Å². The summed E-state index contributed by atoms with van der Waals surface area (Å²) in [5.74, 6) is -0.203. The number of methoxy groups -OCH3 is 2. The SMILES string of the molecule is COc1ccc(S(=O)(=O)N2CCCC2)cc1NC(=O)CN(c1cc(C)ccc1OC)S(=O)(=O)c1ccccc1. The van der Waals surface area contributed by atoms with Crippen LogP contribution in [0.4, 0.5) is 11.4 Å². The highest BCUT2D eigenvalue weighted by Gasteiger charge is 2.31. The Morgan fingerprint density at radius 3 is 2.15 bits per heavy atom. The molecule has 1 amide bonds. The summed E-state index contributed by atoms with van der Waals surface area (Å²) < 4.78 is 66.8. The highest BCUT2D eigenvalue weighted by atomic mass is 32.2. The number of anilines is 2. The molecule has 12 heteroatoms. The van der Waals surface area contributed by atoms with Crippen LogP contribution in [0.15, 0.2) is 76.5 Å². The summed E-state index contributed by atoms with van der Waals surface area (Å²) in [7, 11) is -5.14. The molecule has 0 spiro atoms. The second-order valence-corrected chi connectivity index (χ2v) is 12.8. The number of carbonyl (C=O) groups is 1. The third-order valence-corrected chi connectivity index (χ3v) is 10.0. The molecule has 1 N–H and O–H groups in total. The van der Waals surface area contributed by atoms with E-state index < -0.39 is 32.5 Å². The second-order valence-electron chi connectivity index (χ2n) is 9.02. The van der Waals surface area contributed by atoms with Crippen LogP contribution in [-0.4, -0.2) is 60.9 Å². The van der Waals surface area contributed by atoms with Crippen LogP contribution in [0.5, 0.6) is 11.5 Å². The second kappa shape index (κ2) is 11.6. The molecule has 4 rings (SSSR count). The lowest BCUT2D eigenvalue weighted by atomic mass is 10.2. The van der Waals surface area contributed by atoms with E-state index in [1.807, 2.05) is 0 Å². The van der Waals surface area contributed by atoms with E-state index in [1.165, 1.54) is 48.9 Å². The maximum Gasteiger partial charge on any atom is 0.264 e. The molecule has 0 radical (unpaired) electrons. The van der Waals surface area contributed by atoms with Gasteiger partial charge < -0.3 is 14.8 Å². The lowest BCUT2D eigenvalue weighted by Crippen LogP contribution is -2.38. The van der Waals surface area contributed by atoms with Gasteiger partial charge in [0.15, 0.2) is 0 Å². The van der Waals surface area contributed by atoms with Gasteiger partial charge in [0.1, 0.15) is 18.0 Å². The number of sulfonamides is 2. The van der Waals surface area contributed by atoms with Gasteiger partial charge in [0, 0.05) is 13.1 Å². The van der Waals surface area contributed by atoms with Crippen LogP contribution in [0.3, 0.4) is 0 Å². The zero-order chi connectivity index (χ0) is 28.2. The minimum Gasteiger partial charge on any atom is -0.495 e. The Bertz CT molecular complexity index is 1550. The molecule has 0 bridgehead atoms. The predicted octanol–water partition coefficient (Wildman–Crippen LogP) is 3.63. The Labute approximate surface area is 229 Å². The number of nitrogens with one attached hydrogen (secondary N) is 1. The van der Waals surface area contributed by atoms with Gasteiger partial charge >= 0.3 is 0 Å². The summed E-state index contributed by atoms with van der Waals surface area (Å²) in [6.07, 6.45) is 1.57. The molecule has 208 valence electrons. The molecule has 1 heterocycles. The van der Waals surface area contributed by atoms with E-state index in [0.717, 1.165) is 22.7 Å². The summed E-state index contributed by atoms with van der Waals surface area (Å²) >= 11 is 0. The number of aryl methyl sites for hydroxylation is 1. The predicted molar refractivity (Wildman–Crippen MR) is 148 cm³/mol. The number of hydrogen-bond donors (Lipinski definition) is 1. The Kier molecular flexibility index (Phi) is 8.48. The summed E-state index contributed by atoms with van der Waals surface area (Å²) in [6, 6.07) is 17.0. The minimum atomic E-state index is -4.19. The van der Waals surface area contributed by atoms with Crippen LogP contribution in [0.2, 0.25) is 0 Å². The van der Waals surface area contributed by atoms with Crippen molar-refractivity contribution < 1.29 is 31.1 Å². The molecule has 1 fully saturated rings. The fourth-order valence-corrected chi connectivity index (χ4v) is 7.35. The number of ether oxygens (including phenoxy) is 2. The number of rotatable bonds is 10. The lowest BCUT2D eigenvalue weighted by molar-refractivity contribution is -0.114. The molecule has 3 aromatic rings. The van der Waals surface area contributed by atoms with Crippen molar-refractivity contribution in [3.63, 3.8) is 0 Å². The third-order valence-electron chi connectivity index (χ3n) is 6.37. The van der Waals surface area contributed by atoms with Gasteiger partial charge in [0.25, 0.3) is 10.0 Å². The van der Waals surface area contributed by atoms with E-state index in [-0.39, 0.29) is 32.7 Å². The summed E-state index contributed by atoms with van der Waals surface area (Å²) in [5, 5.41) is 2.65. The topological polar surface area (TPSA) is 122 Å². The Morgan fingerprint density at radius 2 is 1.51 bits per heavy atom. The number of carbonyl (C=O) groups excluding carboxylic acids is 1. The maximum absolute atomic E-state index is 13.7. The highest BCUT2D eigenvalue weighted by Crippen LogP contribution is 2.34. The standard InChI is InChI=1S/C27H31N3O7S2/c1-20-11-13-26(37-3)24(17-20)30(39(34,35)21-9-5-4-6-10-21)19-27(31)28-23-18-22(12-14-25(23)36-2)38(32,33)29-15-7-8-16-29/h4-6,9-14,17-18H,7-8,15-16,19H2,1-3H3,(H,28,31). The average Bonchev–Trinajstić information content (AvgIpc) is 3.48. The molecule has 1 aliphatic rings. The first-order chi connectivity index (χ1) is 18.6. The fraction of sp³-hybridized carbons (Fsp3) is 0.296. The first kappa shape index (κ1) is 28.4. The van der Waals surface area contributed by atoms with Crippen LogP contribution in [0.25, 0.3) is 0 Å². The van der Waals surface area contributed by atoms with E-state index in [1.54, 1.807) is 43.3 Å². The molecule has 10 nitrogen and oxygen atoms in total. The quantitative estimate of drug-likeness (QED) is 0.393. The number of hydrogen-bond acceptors (Lipinski definition) is 7. The minimum absolute atomic E-state index is 0.00218. The van der Waals surface area contributed by atoms with Crippen molar-refractivity contribution in [3.05, 3.63) is 72.3 Å². The summed E-state index contributed by atoms with van der Waals surface area (Å²) in [6.45, 7) is 2.05. The van der Waals surface area contributed by atoms with Gasteiger partial charge in [-0.05, 0) is 67.8 Å². The van der Waals surface area contributed by atoms with Gasteiger partial charge in [-0.15, -0.1) is 0 Å². The van der Waals surface area contributed by atoms with Crippen molar-refractivity contribution in [1.29, 1.82) is 0 Å². The van der Waals surface area contributed by atoms with Gasteiger partial charge in [0.05, 0.1) is 35.4 Å². The Balaban J connectivity index is 1.70. The van der Waals surface area contributed by atoms with E-state index in [9.17, 15) is 21.6 Å². The largest absolute Gasteiger partial charge is 0.495 e. The van der Waals surface area contributed by atoms with Crippen LogP contribution in [0, 0.1) is 6.92 Å². The smallest absolute Gasteiger partial charge is 0.264 e. The zero-order valence-electron chi connectivity index (χ0n) is 22.0. The molecule has 0 aromatic heterocycles. The fourth-order valence-electron chi connectivity index (χ4n) is 4.36. The average molecular weight is 574 g/mol.